The van der Waals surface area contributed by atoms with Gasteiger partial charge in [0.2, 0.25) is 0 Å². The molecule has 0 unspecified atom stereocenters. The Morgan fingerprint density at radius 3 is 2.78 bits per heavy atom. The summed E-state index contributed by atoms with van der Waals surface area (Å²) in [5, 5.41) is 0.948. The molecule has 0 fully saturated rings. The van der Waals surface area contributed by atoms with Crippen molar-refractivity contribution in [3.63, 3.8) is 0 Å². The third-order valence-corrected chi connectivity index (χ3v) is 1.97. The molecule has 1 aromatic rings. The zero-order chi connectivity index (χ0) is 6.69. The molecule has 1 nitrogen and oxygen atoms in total. The van der Waals surface area contributed by atoms with Crippen molar-refractivity contribution in [3.8, 4) is 0 Å². The van der Waals surface area contributed by atoms with Gasteiger partial charge >= 0.3 is 0 Å². The average molecular weight is 157 g/mol. The van der Waals surface area contributed by atoms with E-state index in [4.69, 9.17) is 0 Å². The third kappa shape index (κ3) is 1.91. The second kappa shape index (κ2) is 3.13. The van der Waals surface area contributed by atoms with Crippen molar-refractivity contribution < 1.29 is 0 Å². The summed E-state index contributed by atoms with van der Waals surface area (Å²) in [4.78, 5) is 4.08. The lowest BCUT2D eigenvalue weighted by atomic mass is 10.3. The Hall–Kier alpha value is -0.150. The fourth-order valence-corrected chi connectivity index (χ4v) is 1.06. The molecule has 0 atom stereocenters. The maximum Gasteiger partial charge on any atom is 0.106 e. The molecule has 0 aliphatic rings. The summed E-state index contributed by atoms with van der Waals surface area (Å²) in [6.45, 7) is 2.01. The predicted octanol–water partition coefficient (Wildman–Crippen LogP) is 2.33. The largest absolute Gasteiger partial charge is 0.249 e. The fourth-order valence-electron chi connectivity index (χ4n) is 0.508. The van der Waals surface area contributed by atoms with Crippen LogP contribution >= 0.6 is 22.5 Å². The van der Waals surface area contributed by atoms with Crippen LogP contribution in [0.4, 0.5) is 0 Å². The van der Waals surface area contributed by atoms with E-state index in [1.54, 1.807) is 0 Å². The van der Waals surface area contributed by atoms with Crippen LogP contribution in [0.5, 0.6) is 0 Å². The van der Waals surface area contributed by atoms with E-state index in [9.17, 15) is 0 Å². The minimum Gasteiger partial charge on any atom is -0.249 e. The molecule has 0 radical (unpaired) electrons. The molecule has 0 saturated carbocycles. The Morgan fingerprint density at radius 1 is 1.56 bits per heavy atom. The lowest BCUT2D eigenvalue weighted by Crippen LogP contribution is -1.76. The van der Waals surface area contributed by atoms with E-state index in [2.05, 4.69) is 16.6 Å². The van der Waals surface area contributed by atoms with Crippen molar-refractivity contribution >= 4 is 22.5 Å². The van der Waals surface area contributed by atoms with Gasteiger partial charge < -0.3 is 0 Å². The highest BCUT2D eigenvalue weighted by Gasteiger charge is 1.87. The van der Waals surface area contributed by atoms with Crippen LogP contribution in [0.1, 0.15) is 5.56 Å². The Kier molecular flexibility index (Phi) is 2.42. The van der Waals surface area contributed by atoms with Crippen LogP contribution in [-0.2, 0) is 0 Å². The summed E-state index contributed by atoms with van der Waals surface area (Å²) >= 11 is 4.00. The lowest BCUT2D eigenvalue weighted by molar-refractivity contribution is 1.12. The summed E-state index contributed by atoms with van der Waals surface area (Å²) in [5.74, 6) is 0. The molecule has 3 heteroatoms. The zero-order valence-electron chi connectivity index (χ0n) is 5.03. The third-order valence-electron chi connectivity index (χ3n) is 0.978. The van der Waals surface area contributed by atoms with Crippen LogP contribution in [0, 0.1) is 6.92 Å². The second-order valence-corrected chi connectivity index (χ2v) is 2.91. The zero-order valence-corrected chi connectivity index (χ0v) is 6.75. The van der Waals surface area contributed by atoms with Gasteiger partial charge in [-0.15, -0.1) is 11.7 Å². The average Bonchev–Trinajstić information content (AvgIpc) is 1.90. The van der Waals surface area contributed by atoms with Gasteiger partial charge in [-0.05, 0) is 29.3 Å². The first kappa shape index (κ1) is 6.96. The lowest BCUT2D eigenvalue weighted by Gasteiger charge is -1.92. The number of rotatable bonds is 1. The maximum atomic E-state index is 4.08. The molecule has 9 heavy (non-hydrogen) atoms. The van der Waals surface area contributed by atoms with E-state index in [0.717, 1.165) is 5.03 Å². The van der Waals surface area contributed by atoms with Gasteiger partial charge in [0.1, 0.15) is 5.03 Å². The molecule has 1 rings (SSSR count). The number of hydrogen-bond acceptors (Lipinski definition) is 3. The second-order valence-electron chi connectivity index (χ2n) is 1.77. The summed E-state index contributed by atoms with van der Waals surface area (Å²) in [6, 6.07) is 3.97. The van der Waals surface area contributed by atoms with Crippen molar-refractivity contribution in [3.05, 3.63) is 23.9 Å². The topological polar surface area (TPSA) is 12.9 Å². The van der Waals surface area contributed by atoms with E-state index in [1.807, 2.05) is 25.3 Å². The normalized spacial score (nSPS) is 9.56. The Bertz CT molecular complexity index is 183. The summed E-state index contributed by atoms with van der Waals surface area (Å²) in [7, 11) is 1.36. The molecule has 0 saturated heterocycles. The molecule has 0 spiro atoms. The maximum absolute atomic E-state index is 4.08. The molecule has 48 valence electrons. The smallest absolute Gasteiger partial charge is 0.106 e. The quantitative estimate of drug-likeness (QED) is 0.496. The van der Waals surface area contributed by atoms with Crippen LogP contribution in [-0.4, -0.2) is 4.98 Å². The van der Waals surface area contributed by atoms with Gasteiger partial charge in [-0.1, -0.05) is 6.07 Å². The summed E-state index contributed by atoms with van der Waals surface area (Å²) in [5.41, 5.74) is 1.18. The van der Waals surface area contributed by atoms with E-state index in [-0.39, 0.29) is 0 Å². The van der Waals surface area contributed by atoms with Gasteiger partial charge in [0.15, 0.2) is 0 Å². The van der Waals surface area contributed by atoms with Gasteiger partial charge in [0, 0.05) is 6.20 Å². The first-order valence-electron chi connectivity index (χ1n) is 2.57. The first-order valence-corrected chi connectivity index (χ1v) is 4.44. The van der Waals surface area contributed by atoms with Crippen molar-refractivity contribution in [2.75, 3.05) is 0 Å². The van der Waals surface area contributed by atoms with Crippen LogP contribution in [0.25, 0.3) is 0 Å². The minimum absolute atomic E-state index is 0.948. The number of pyridine rings is 1. The molecule has 0 bridgehead atoms. The number of aromatic nitrogens is 1. The highest BCUT2D eigenvalue weighted by atomic mass is 33.1. The van der Waals surface area contributed by atoms with Crippen molar-refractivity contribution in [1.82, 2.24) is 4.98 Å². The summed E-state index contributed by atoms with van der Waals surface area (Å²) < 4.78 is 0. The number of aryl methyl sites for hydroxylation is 1. The highest BCUT2D eigenvalue weighted by Crippen LogP contribution is 2.17. The Morgan fingerprint density at radius 2 is 2.33 bits per heavy atom. The molecular formula is C6H7NS2. The van der Waals surface area contributed by atoms with Crippen molar-refractivity contribution in [2.24, 2.45) is 0 Å². The van der Waals surface area contributed by atoms with E-state index >= 15 is 0 Å². The van der Waals surface area contributed by atoms with Crippen LogP contribution in [0.15, 0.2) is 23.4 Å². The molecule has 0 aliphatic carbocycles. The van der Waals surface area contributed by atoms with Crippen LogP contribution in [0.2, 0.25) is 0 Å². The first-order chi connectivity index (χ1) is 4.33. The highest BCUT2D eigenvalue weighted by molar-refractivity contribution is 8.68. The number of thiol groups is 1. The van der Waals surface area contributed by atoms with Crippen molar-refractivity contribution in [2.45, 2.75) is 11.9 Å². The van der Waals surface area contributed by atoms with Crippen LogP contribution < -0.4 is 0 Å². The van der Waals surface area contributed by atoms with E-state index < -0.39 is 0 Å². The Labute approximate surface area is 63.7 Å². The fraction of sp³-hybridized carbons (Fsp3) is 0.167. The van der Waals surface area contributed by atoms with Gasteiger partial charge in [0.25, 0.3) is 0 Å². The molecule has 0 aliphatic heterocycles. The van der Waals surface area contributed by atoms with E-state index in [1.165, 1.54) is 16.4 Å². The summed E-state index contributed by atoms with van der Waals surface area (Å²) in [6.07, 6.45) is 1.83. The monoisotopic (exact) mass is 157 g/mol. The predicted molar refractivity (Wildman–Crippen MR) is 43.8 cm³/mol. The SMILES string of the molecule is Cc1ccc(SS)nc1. The van der Waals surface area contributed by atoms with E-state index in [0.29, 0.717) is 0 Å². The van der Waals surface area contributed by atoms with Gasteiger partial charge in [-0.2, -0.15) is 0 Å². The molecule has 0 amide bonds. The number of hydrogen-bond donors (Lipinski definition) is 1. The minimum atomic E-state index is 0.948. The Balaban J connectivity index is 2.88. The molecular weight excluding hydrogens is 150 g/mol. The molecule has 1 aromatic heterocycles. The number of nitrogens with zero attached hydrogens (tertiary/aromatic N) is 1. The standard InChI is InChI=1S/C6H7NS2/c1-5-2-3-6(9-8)7-4-5/h2-4,8H,1H3. The molecule has 0 N–H and O–H groups in total. The van der Waals surface area contributed by atoms with Crippen molar-refractivity contribution in [1.29, 1.82) is 0 Å². The van der Waals surface area contributed by atoms with Gasteiger partial charge in [-0.3, -0.25) is 0 Å². The molecule has 0 aromatic carbocycles. The molecule has 1 heterocycles. The van der Waals surface area contributed by atoms with Gasteiger partial charge in [-0.25, -0.2) is 4.98 Å². The van der Waals surface area contributed by atoms with Crippen LogP contribution in [0.3, 0.4) is 0 Å². The van der Waals surface area contributed by atoms with Gasteiger partial charge in [0.05, 0.1) is 0 Å².